The SMILES string of the molecule is O=CC(=O)C1c2cc([N+](=O)[O-])ccc2NCN1CCCCN1CC=C(c2ccccc2)CC1. The van der Waals surface area contributed by atoms with Crippen LogP contribution in [0.5, 0.6) is 0 Å². The molecule has 2 aliphatic rings. The summed E-state index contributed by atoms with van der Waals surface area (Å²) in [5.41, 5.74) is 3.75. The zero-order valence-corrected chi connectivity index (χ0v) is 18.5. The molecule has 0 bridgehead atoms. The van der Waals surface area contributed by atoms with E-state index >= 15 is 0 Å². The van der Waals surface area contributed by atoms with Gasteiger partial charge < -0.3 is 5.32 Å². The summed E-state index contributed by atoms with van der Waals surface area (Å²) in [7, 11) is 0. The first-order valence-electron chi connectivity index (χ1n) is 11.3. The van der Waals surface area contributed by atoms with Crippen molar-refractivity contribution in [1.29, 1.82) is 0 Å². The number of Topliss-reactive ketones (excluding diaryl/α,β-unsaturated/α-hetero) is 1. The molecule has 0 spiro atoms. The van der Waals surface area contributed by atoms with E-state index in [4.69, 9.17) is 0 Å². The Hall–Kier alpha value is -3.36. The predicted octanol–water partition coefficient (Wildman–Crippen LogP) is 3.66. The number of anilines is 1. The molecule has 2 heterocycles. The normalized spacial score (nSPS) is 18.7. The van der Waals surface area contributed by atoms with Gasteiger partial charge in [-0.15, -0.1) is 0 Å². The molecule has 8 nitrogen and oxygen atoms in total. The highest BCUT2D eigenvalue weighted by molar-refractivity contribution is 6.27. The second-order valence-electron chi connectivity index (χ2n) is 8.45. The number of non-ortho nitro benzene ring substituents is 1. The van der Waals surface area contributed by atoms with Crippen molar-refractivity contribution in [3.63, 3.8) is 0 Å². The molecule has 0 aliphatic carbocycles. The van der Waals surface area contributed by atoms with E-state index in [0.29, 0.717) is 30.8 Å². The number of aldehydes is 1. The topological polar surface area (TPSA) is 95.8 Å². The number of nitrogens with one attached hydrogen (secondary N) is 1. The van der Waals surface area contributed by atoms with Crippen molar-refractivity contribution in [3.8, 4) is 0 Å². The maximum absolute atomic E-state index is 12.4. The van der Waals surface area contributed by atoms with Crippen LogP contribution < -0.4 is 5.32 Å². The smallest absolute Gasteiger partial charge is 0.269 e. The Morgan fingerprint density at radius 1 is 1.15 bits per heavy atom. The largest absolute Gasteiger partial charge is 0.372 e. The van der Waals surface area contributed by atoms with E-state index in [2.05, 4.69) is 40.6 Å². The van der Waals surface area contributed by atoms with Crippen molar-refractivity contribution in [2.75, 3.05) is 38.2 Å². The monoisotopic (exact) mass is 448 g/mol. The first kappa shape index (κ1) is 22.8. The Kier molecular flexibility index (Phi) is 7.26. The van der Waals surface area contributed by atoms with Crippen LogP contribution in [-0.2, 0) is 9.59 Å². The van der Waals surface area contributed by atoms with E-state index in [1.807, 2.05) is 11.0 Å². The number of nitrogens with zero attached hydrogens (tertiary/aromatic N) is 3. The summed E-state index contributed by atoms with van der Waals surface area (Å²) in [5, 5.41) is 14.4. The van der Waals surface area contributed by atoms with Crippen LogP contribution >= 0.6 is 0 Å². The highest BCUT2D eigenvalue weighted by atomic mass is 16.6. The summed E-state index contributed by atoms with van der Waals surface area (Å²) < 4.78 is 0. The average Bonchev–Trinajstić information content (AvgIpc) is 2.86. The number of hydrogen-bond acceptors (Lipinski definition) is 7. The van der Waals surface area contributed by atoms with E-state index in [9.17, 15) is 19.7 Å². The number of nitro benzene ring substituents is 1. The van der Waals surface area contributed by atoms with Gasteiger partial charge in [-0.2, -0.15) is 0 Å². The van der Waals surface area contributed by atoms with Gasteiger partial charge in [-0.25, -0.2) is 0 Å². The highest BCUT2D eigenvalue weighted by Gasteiger charge is 2.33. The molecule has 1 unspecified atom stereocenters. The summed E-state index contributed by atoms with van der Waals surface area (Å²) in [6.45, 7) is 3.96. The molecule has 0 saturated carbocycles. The minimum atomic E-state index is -0.787. The number of benzene rings is 2. The second-order valence-corrected chi connectivity index (χ2v) is 8.45. The third kappa shape index (κ3) is 5.35. The van der Waals surface area contributed by atoms with Crippen LogP contribution in [-0.4, -0.2) is 59.6 Å². The van der Waals surface area contributed by atoms with Gasteiger partial charge in [0.25, 0.3) is 5.69 Å². The van der Waals surface area contributed by atoms with Crippen molar-refractivity contribution in [2.24, 2.45) is 0 Å². The molecule has 2 aromatic carbocycles. The standard InChI is InChI=1S/C25H28N4O4/c30-17-24(31)25-22-16-21(29(32)33)8-9-23(22)26-18-28(25)13-5-4-12-27-14-10-20(11-15-27)19-6-2-1-3-7-19/h1-3,6-10,16-17,25-26H,4-5,11-15,18H2. The molecule has 0 radical (unpaired) electrons. The Bertz CT molecular complexity index is 1050. The summed E-state index contributed by atoms with van der Waals surface area (Å²) in [5.74, 6) is -0.576. The molecule has 2 aromatic rings. The first-order valence-corrected chi connectivity index (χ1v) is 11.3. The van der Waals surface area contributed by atoms with Crippen molar-refractivity contribution in [2.45, 2.75) is 25.3 Å². The number of unbranched alkanes of at least 4 members (excludes halogenated alkanes) is 1. The number of rotatable bonds is 9. The van der Waals surface area contributed by atoms with Crippen LogP contribution in [0.15, 0.2) is 54.6 Å². The lowest BCUT2D eigenvalue weighted by Gasteiger charge is -2.36. The average molecular weight is 449 g/mol. The summed E-state index contributed by atoms with van der Waals surface area (Å²) >= 11 is 0. The Morgan fingerprint density at radius 2 is 1.94 bits per heavy atom. The van der Waals surface area contributed by atoms with Crippen molar-refractivity contribution < 1.29 is 14.5 Å². The minimum absolute atomic E-state index is 0.0888. The van der Waals surface area contributed by atoms with Crippen LogP contribution in [0.25, 0.3) is 5.57 Å². The van der Waals surface area contributed by atoms with E-state index in [1.165, 1.54) is 23.3 Å². The first-order chi connectivity index (χ1) is 16.1. The molecule has 0 saturated heterocycles. The number of carbonyl (C=O) groups is 2. The van der Waals surface area contributed by atoms with Crippen LogP contribution in [0.4, 0.5) is 11.4 Å². The molecule has 0 aromatic heterocycles. The molecule has 1 N–H and O–H groups in total. The molecule has 33 heavy (non-hydrogen) atoms. The van der Waals surface area contributed by atoms with Gasteiger partial charge in [0.2, 0.25) is 5.78 Å². The summed E-state index contributed by atoms with van der Waals surface area (Å²) in [6.07, 6.45) is 5.48. The van der Waals surface area contributed by atoms with Gasteiger partial charge in [0.05, 0.1) is 11.6 Å². The highest BCUT2D eigenvalue weighted by Crippen LogP contribution is 2.35. The Balaban J connectivity index is 1.32. The van der Waals surface area contributed by atoms with E-state index in [1.54, 1.807) is 6.07 Å². The van der Waals surface area contributed by atoms with Crippen LogP contribution in [0, 0.1) is 10.1 Å². The van der Waals surface area contributed by atoms with Crippen molar-refractivity contribution in [3.05, 3.63) is 75.8 Å². The zero-order valence-electron chi connectivity index (χ0n) is 18.5. The van der Waals surface area contributed by atoms with Crippen LogP contribution in [0.2, 0.25) is 0 Å². The van der Waals surface area contributed by atoms with Gasteiger partial charge in [0, 0.05) is 43.0 Å². The van der Waals surface area contributed by atoms with E-state index in [0.717, 1.165) is 38.9 Å². The fourth-order valence-corrected chi connectivity index (χ4v) is 4.61. The number of carbonyl (C=O) groups excluding carboxylic acids is 2. The summed E-state index contributed by atoms with van der Waals surface area (Å²) in [4.78, 5) is 38.7. The van der Waals surface area contributed by atoms with Gasteiger partial charge in [-0.05, 0) is 43.0 Å². The maximum atomic E-state index is 12.4. The molecule has 2 aliphatic heterocycles. The second kappa shape index (κ2) is 10.5. The Morgan fingerprint density at radius 3 is 2.64 bits per heavy atom. The molecular weight excluding hydrogens is 420 g/mol. The third-order valence-electron chi connectivity index (χ3n) is 6.37. The number of hydrogen-bond donors (Lipinski definition) is 1. The lowest BCUT2D eigenvalue weighted by atomic mass is 9.96. The van der Waals surface area contributed by atoms with E-state index in [-0.39, 0.29) is 5.69 Å². The van der Waals surface area contributed by atoms with Gasteiger partial charge in [0.15, 0.2) is 6.29 Å². The molecule has 1 atom stereocenters. The molecule has 8 heteroatoms. The fourth-order valence-electron chi connectivity index (χ4n) is 4.61. The maximum Gasteiger partial charge on any atom is 0.269 e. The quantitative estimate of drug-likeness (QED) is 0.206. The number of ketones is 1. The fraction of sp³-hybridized carbons (Fsp3) is 0.360. The van der Waals surface area contributed by atoms with Crippen molar-refractivity contribution in [1.82, 2.24) is 9.80 Å². The van der Waals surface area contributed by atoms with Crippen molar-refractivity contribution >= 4 is 29.0 Å². The zero-order chi connectivity index (χ0) is 23.2. The Labute approximate surface area is 193 Å². The van der Waals surface area contributed by atoms with Gasteiger partial charge >= 0.3 is 0 Å². The molecular formula is C25H28N4O4. The van der Waals surface area contributed by atoms with E-state index < -0.39 is 16.7 Å². The number of nitro groups is 1. The number of fused-ring (bicyclic) bond motifs is 1. The lowest BCUT2D eigenvalue weighted by Crippen LogP contribution is -2.42. The van der Waals surface area contributed by atoms with Gasteiger partial charge in [-0.3, -0.25) is 29.5 Å². The van der Waals surface area contributed by atoms with Gasteiger partial charge in [-0.1, -0.05) is 36.4 Å². The lowest BCUT2D eigenvalue weighted by molar-refractivity contribution is -0.384. The predicted molar refractivity (Wildman–Crippen MR) is 127 cm³/mol. The molecule has 4 rings (SSSR count). The molecule has 172 valence electrons. The van der Waals surface area contributed by atoms with Crippen LogP contribution in [0.3, 0.4) is 0 Å². The molecule has 0 amide bonds. The minimum Gasteiger partial charge on any atom is -0.372 e. The van der Waals surface area contributed by atoms with Crippen LogP contribution in [0.1, 0.15) is 36.4 Å². The summed E-state index contributed by atoms with van der Waals surface area (Å²) in [6, 6.07) is 14.1. The third-order valence-corrected chi connectivity index (χ3v) is 6.37. The molecule has 0 fully saturated rings. The van der Waals surface area contributed by atoms with Gasteiger partial charge in [0.1, 0.15) is 6.04 Å².